The Morgan fingerprint density at radius 3 is 2.17 bits per heavy atom. The van der Waals surface area contributed by atoms with Gasteiger partial charge >= 0.3 is 0 Å². The van der Waals surface area contributed by atoms with Gasteiger partial charge in [0.15, 0.2) is 5.11 Å². The average Bonchev–Trinajstić information content (AvgIpc) is 2.38. The Balaban J connectivity index is 3.13. The van der Waals surface area contributed by atoms with Gasteiger partial charge in [0.2, 0.25) is 0 Å². The second-order valence-corrected chi connectivity index (χ2v) is 4.21. The van der Waals surface area contributed by atoms with E-state index in [1.54, 1.807) is 24.1 Å². The van der Waals surface area contributed by atoms with Crippen molar-refractivity contribution in [3.8, 4) is 5.75 Å². The van der Waals surface area contributed by atoms with E-state index in [4.69, 9.17) is 12.2 Å². The number of aromatic hydroxyl groups is 1. The number of benzene rings is 1. The van der Waals surface area contributed by atoms with Crippen LogP contribution in [0.1, 0.15) is 18.1 Å². The summed E-state index contributed by atoms with van der Waals surface area (Å²) in [7, 11) is 1.78. The van der Waals surface area contributed by atoms with E-state index in [0.29, 0.717) is 28.5 Å². The first-order valence-electron chi connectivity index (χ1n) is 5.63. The smallest absolute Gasteiger partial charge is 0.173 e. The molecule has 0 aliphatic rings. The molecule has 0 unspecified atom stereocenters. The van der Waals surface area contributed by atoms with Gasteiger partial charge in [0.05, 0.1) is 13.2 Å². The average molecular weight is 270 g/mol. The Bertz CT molecular complexity index is 412. The molecule has 1 aromatic rings. The fourth-order valence-corrected chi connectivity index (χ4v) is 1.81. The fraction of sp³-hybridized carbons (Fsp3) is 0.417. The number of thiocarbonyl (C=S) groups is 1. The molecule has 0 radical (unpaired) electrons. The highest BCUT2D eigenvalue weighted by molar-refractivity contribution is 7.80. The summed E-state index contributed by atoms with van der Waals surface area (Å²) < 4.78 is 0. The van der Waals surface area contributed by atoms with Crippen LogP contribution in [-0.4, -0.2) is 34.0 Å². The molecule has 0 saturated heterocycles. The van der Waals surface area contributed by atoms with Gasteiger partial charge in [0, 0.05) is 30.4 Å². The lowest BCUT2D eigenvalue weighted by Gasteiger charge is -2.22. The lowest BCUT2D eigenvalue weighted by molar-refractivity contribution is 0.264. The summed E-state index contributed by atoms with van der Waals surface area (Å²) in [5.74, 6) is -0.0773. The summed E-state index contributed by atoms with van der Waals surface area (Å²) in [6.07, 6.45) is 0. The highest BCUT2D eigenvalue weighted by Crippen LogP contribution is 2.29. The normalized spacial score (nSPS) is 10.2. The van der Waals surface area contributed by atoms with Crippen LogP contribution >= 0.6 is 12.2 Å². The van der Waals surface area contributed by atoms with Gasteiger partial charge in [-0.25, -0.2) is 0 Å². The molecule has 0 amide bonds. The number of nitrogens with one attached hydrogen (secondary N) is 1. The Hall–Kier alpha value is -1.37. The predicted octanol–water partition coefficient (Wildman–Crippen LogP) is 0.707. The molecule has 0 atom stereocenters. The zero-order valence-corrected chi connectivity index (χ0v) is 11.3. The minimum atomic E-state index is -0.297. The standard InChI is InChI=1S/C12H18N2O3S/c1-3-13-12(18)14(2)10-4-8(6-15)11(17)9(5-10)7-16/h4-5,15-17H,3,6-7H2,1-2H3,(H,13,18). The number of phenols is 1. The number of hydrogen-bond donors (Lipinski definition) is 4. The number of hydrogen-bond acceptors (Lipinski definition) is 4. The van der Waals surface area contributed by atoms with E-state index in [2.05, 4.69) is 5.32 Å². The van der Waals surface area contributed by atoms with Crippen LogP contribution in [-0.2, 0) is 13.2 Å². The molecule has 1 rings (SSSR count). The number of rotatable bonds is 4. The Morgan fingerprint density at radius 1 is 1.28 bits per heavy atom. The summed E-state index contributed by atoms with van der Waals surface area (Å²) in [6, 6.07) is 3.27. The third-order valence-corrected chi connectivity index (χ3v) is 3.03. The molecule has 0 aromatic heterocycles. The fourth-order valence-electron chi connectivity index (χ4n) is 1.56. The van der Waals surface area contributed by atoms with Crippen LogP contribution in [0.4, 0.5) is 5.69 Å². The summed E-state index contributed by atoms with van der Waals surface area (Å²) in [4.78, 5) is 1.72. The Kier molecular flexibility index (Phi) is 5.33. The summed E-state index contributed by atoms with van der Waals surface area (Å²) >= 11 is 5.18. The van der Waals surface area contributed by atoms with Gasteiger partial charge in [0.25, 0.3) is 0 Å². The van der Waals surface area contributed by atoms with Crippen molar-refractivity contribution in [2.45, 2.75) is 20.1 Å². The molecule has 1 aromatic carbocycles. The maximum absolute atomic E-state index is 9.75. The SMILES string of the molecule is CCNC(=S)N(C)c1cc(CO)c(O)c(CO)c1. The number of aliphatic hydroxyl groups is 2. The zero-order valence-electron chi connectivity index (χ0n) is 10.5. The van der Waals surface area contributed by atoms with Gasteiger partial charge in [-0.05, 0) is 31.3 Å². The van der Waals surface area contributed by atoms with E-state index in [0.717, 1.165) is 0 Å². The molecule has 0 aliphatic heterocycles. The third-order valence-electron chi connectivity index (χ3n) is 2.61. The van der Waals surface area contributed by atoms with Crippen molar-refractivity contribution < 1.29 is 15.3 Å². The molecule has 5 nitrogen and oxygen atoms in total. The zero-order chi connectivity index (χ0) is 13.7. The number of aliphatic hydroxyl groups excluding tert-OH is 2. The van der Waals surface area contributed by atoms with Gasteiger partial charge < -0.3 is 25.5 Å². The molecule has 0 spiro atoms. The first kappa shape index (κ1) is 14.7. The van der Waals surface area contributed by atoms with Crippen LogP contribution in [0.2, 0.25) is 0 Å². The predicted molar refractivity (Wildman–Crippen MR) is 74.6 cm³/mol. The number of anilines is 1. The lowest BCUT2D eigenvalue weighted by atomic mass is 10.1. The largest absolute Gasteiger partial charge is 0.507 e. The van der Waals surface area contributed by atoms with Crippen molar-refractivity contribution in [1.82, 2.24) is 5.32 Å². The first-order valence-corrected chi connectivity index (χ1v) is 6.04. The third kappa shape index (κ3) is 3.10. The van der Waals surface area contributed by atoms with Crippen molar-refractivity contribution in [3.05, 3.63) is 23.3 Å². The molecule has 100 valence electrons. The van der Waals surface area contributed by atoms with Crippen LogP contribution in [0.15, 0.2) is 12.1 Å². The maximum atomic E-state index is 9.75. The minimum Gasteiger partial charge on any atom is -0.507 e. The van der Waals surface area contributed by atoms with Crippen LogP contribution in [0.5, 0.6) is 5.75 Å². The molecule has 0 heterocycles. The lowest BCUT2D eigenvalue weighted by Crippen LogP contribution is -2.36. The van der Waals surface area contributed by atoms with Crippen LogP contribution in [0, 0.1) is 0 Å². The van der Waals surface area contributed by atoms with E-state index >= 15 is 0 Å². The molecule has 4 N–H and O–H groups in total. The highest BCUT2D eigenvalue weighted by Gasteiger charge is 2.13. The minimum absolute atomic E-state index is 0.0773. The maximum Gasteiger partial charge on any atom is 0.173 e. The molecule has 0 bridgehead atoms. The monoisotopic (exact) mass is 270 g/mol. The van der Waals surface area contributed by atoms with E-state index in [1.807, 2.05) is 6.92 Å². The van der Waals surface area contributed by atoms with Crippen molar-refractivity contribution >= 4 is 23.0 Å². The molecule has 6 heteroatoms. The van der Waals surface area contributed by atoms with Crippen molar-refractivity contribution in [2.75, 3.05) is 18.5 Å². The van der Waals surface area contributed by atoms with Crippen LogP contribution in [0.25, 0.3) is 0 Å². The second kappa shape index (κ2) is 6.53. The van der Waals surface area contributed by atoms with Crippen LogP contribution < -0.4 is 10.2 Å². The van der Waals surface area contributed by atoms with Gasteiger partial charge in [0.1, 0.15) is 5.75 Å². The summed E-state index contributed by atoms with van der Waals surface area (Å²) in [5.41, 5.74) is 1.43. The van der Waals surface area contributed by atoms with Gasteiger partial charge in [-0.2, -0.15) is 0 Å². The second-order valence-electron chi connectivity index (χ2n) is 3.82. The van der Waals surface area contributed by atoms with E-state index < -0.39 is 0 Å². The van der Waals surface area contributed by atoms with Crippen molar-refractivity contribution in [2.24, 2.45) is 0 Å². The highest BCUT2D eigenvalue weighted by atomic mass is 32.1. The quantitative estimate of drug-likeness (QED) is 0.604. The number of nitrogens with zero attached hydrogens (tertiary/aromatic N) is 1. The van der Waals surface area contributed by atoms with E-state index in [1.165, 1.54) is 0 Å². The van der Waals surface area contributed by atoms with Crippen LogP contribution in [0.3, 0.4) is 0 Å². The Morgan fingerprint density at radius 2 is 1.78 bits per heavy atom. The molecule has 0 saturated carbocycles. The Labute approximate surface area is 112 Å². The van der Waals surface area contributed by atoms with Gasteiger partial charge in [-0.1, -0.05) is 0 Å². The summed E-state index contributed by atoms with van der Waals surface area (Å²) in [6.45, 7) is 2.05. The van der Waals surface area contributed by atoms with E-state index in [-0.39, 0.29) is 19.0 Å². The van der Waals surface area contributed by atoms with Crippen molar-refractivity contribution in [3.63, 3.8) is 0 Å². The van der Waals surface area contributed by atoms with E-state index in [9.17, 15) is 15.3 Å². The first-order chi connectivity index (χ1) is 8.54. The van der Waals surface area contributed by atoms with Crippen molar-refractivity contribution in [1.29, 1.82) is 0 Å². The van der Waals surface area contributed by atoms with Gasteiger partial charge in [-0.15, -0.1) is 0 Å². The summed E-state index contributed by atoms with van der Waals surface area (Å²) in [5, 5.41) is 31.6. The molecular formula is C12H18N2O3S. The van der Waals surface area contributed by atoms with Gasteiger partial charge in [-0.3, -0.25) is 0 Å². The topological polar surface area (TPSA) is 76.0 Å². The molecular weight excluding hydrogens is 252 g/mol. The molecule has 0 fully saturated rings. The molecule has 18 heavy (non-hydrogen) atoms. The molecule has 0 aliphatic carbocycles.